The zero-order valence-corrected chi connectivity index (χ0v) is 22.7. The molecule has 216 valence electrons. The average molecular weight is 533 g/mol. The van der Waals surface area contributed by atoms with Gasteiger partial charge in [0.2, 0.25) is 0 Å². The van der Waals surface area contributed by atoms with Crippen molar-refractivity contribution in [2.75, 3.05) is 33.0 Å². The Kier molecular flexibility index (Phi) is 27.0. The van der Waals surface area contributed by atoms with Crippen molar-refractivity contribution in [1.82, 2.24) is 0 Å². The minimum Gasteiger partial charge on any atom is -0.466 e. The van der Waals surface area contributed by atoms with Crippen molar-refractivity contribution in [1.29, 1.82) is 0 Å². The topological polar surface area (TPSA) is 124 Å². The summed E-state index contributed by atoms with van der Waals surface area (Å²) in [6.45, 7) is 4.01. The monoisotopic (exact) mass is 532 g/mol. The Morgan fingerprint density at radius 2 is 0.919 bits per heavy atom. The molecular weight excluding hydrogens is 484 g/mol. The van der Waals surface area contributed by atoms with Crippen molar-refractivity contribution >= 4 is 24.2 Å². The van der Waals surface area contributed by atoms with Crippen molar-refractivity contribution < 1.29 is 48.2 Å². The van der Waals surface area contributed by atoms with Crippen LogP contribution in [-0.2, 0) is 48.2 Å². The van der Waals surface area contributed by atoms with E-state index in [0.29, 0.717) is 71.6 Å². The minimum atomic E-state index is -0.225. The Labute approximate surface area is 221 Å². The fourth-order valence-electron chi connectivity index (χ4n) is 3.17. The van der Waals surface area contributed by atoms with Gasteiger partial charge in [-0.25, -0.2) is 9.78 Å². The van der Waals surface area contributed by atoms with Crippen LogP contribution in [0.5, 0.6) is 0 Å². The van der Waals surface area contributed by atoms with Crippen LogP contribution in [0.1, 0.15) is 116 Å². The minimum absolute atomic E-state index is 0.205. The first kappa shape index (κ1) is 35.0. The molecule has 0 aromatic heterocycles. The molecule has 0 N–H and O–H groups in total. The number of esters is 3. The van der Waals surface area contributed by atoms with Crippen molar-refractivity contribution in [3.05, 3.63) is 0 Å². The lowest BCUT2D eigenvalue weighted by Gasteiger charge is -2.07. The number of carbonyl (C=O) groups excluding carboxylic acids is 4. The van der Waals surface area contributed by atoms with Gasteiger partial charge in [-0.2, -0.15) is 0 Å². The molecular formula is C27H48O10. The van der Waals surface area contributed by atoms with Crippen molar-refractivity contribution in [2.24, 2.45) is 0 Å². The van der Waals surface area contributed by atoms with E-state index in [1.807, 2.05) is 6.92 Å². The maximum absolute atomic E-state index is 11.8. The molecule has 0 amide bonds. The summed E-state index contributed by atoms with van der Waals surface area (Å²) in [6.07, 6.45) is 12.7. The zero-order chi connectivity index (χ0) is 27.2. The van der Waals surface area contributed by atoms with E-state index in [9.17, 15) is 19.2 Å². The maximum Gasteiger partial charge on any atom is 0.305 e. The summed E-state index contributed by atoms with van der Waals surface area (Å²) in [7, 11) is 0. The Balaban J connectivity index is 3.36. The van der Waals surface area contributed by atoms with Gasteiger partial charge in [0.1, 0.15) is 6.29 Å². The molecule has 0 unspecified atom stereocenters. The highest BCUT2D eigenvalue weighted by Gasteiger charge is 2.06. The number of hydrogen-bond acceptors (Lipinski definition) is 10. The van der Waals surface area contributed by atoms with Crippen LogP contribution in [0.2, 0.25) is 0 Å². The molecule has 0 saturated heterocycles. The first-order valence-electron chi connectivity index (χ1n) is 13.9. The number of carbonyl (C=O) groups is 4. The van der Waals surface area contributed by atoms with Gasteiger partial charge in [0.15, 0.2) is 0 Å². The van der Waals surface area contributed by atoms with Crippen molar-refractivity contribution in [3.8, 4) is 0 Å². The van der Waals surface area contributed by atoms with Gasteiger partial charge in [0.05, 0.1) is 33.0 Å². The van der Waals surface area contributed by atoms with Crippen LogP contribution >= 0.6 is 0 Å². The number of hydrogen-bond donors (Lipinski definition) is 0. The molecule has 0 aromatic rings. The first-order valence-corrected chi connectivity index (χ1v) is 13.9. The predicted molar refractivity (Wildman–Crippen MR) is 136 cm³/mol. The molecule has 0 atom stereocenters. The second-order valence-corrected chi connectivity index (χ2v) is 8.82. The van der Waals surface area contributed by atoms with E-state index in [4.69, 9.17) is 24.0 Å². The zero-order valence-electron chi connectivity index (χ0n) is 22.7. The highest BCUT2D eigenvalue weighted by Crippen LogP contribution is 2.07. The van der Waals surface area contributed by atoms with Crippen LogP contribution in [0.3, 0.4) is 0 Å². The molecule has 0 heterocycles. The fraction of sp³-hybridized carbons (Fsp3) is 0.852. The SMILES string of the molecule is CCCOOOCCCCCC(=O)OCCCCCC(=O)OCCCCCC(=O)OCCCCCC=O. The smallest absolute Gasteiger partial charge is 0.305 e. The number of ether oxygens (including phenoxy) is 3. The van der Waals surface area contributed by atoms with Gasteiger partial charge in [-0.1, -0.05) is 18.4 Å². The Morgan fingerprint density at radius 3 is 1.35 bits per heavy atom. The predicted octanol–water partition coefficient (Wildman–Crippen LogP) is 5.35. The molecule has 37 heavy (non-hydrogen) atoms. The summed E-state index contributed by atoms with van der Waals surface area (Å²) in [5.41, 5.74) is 0. The van der Waals surface area contributed by atoms with Gasteiger partial charge in [-0.3, -0.25) is 14.4 Å². The molecule has 0 aliphatic rings. The van der Waals surface area contributed by atoms with Crippen LogP contribution < -0.4 is 0 Å². The van der Waals surface area contributed by atoms with Crippen molar-refractivity contribution in [2.45, 2.75) is 116 Å². The van der Waals surface area contributed by atoms with Crippen LogP contribution in [0, 0.1) is 0 Å². The molecule has 10 nitrogen and oxygen atoms in total. The molecule has 10 heteroatoms. The van der Waals surface area contributed by atoms with Crippen LogP contribution in [0.4, 0.5) is 0 Å². The lowest BCUT2D eigenvalue weighted by molar-refractivity contribution is -0.512. The lowest BCUT2D eigenvalue weighted by atomic mass is 10.2. The first-order chi connectivity index (χ1) is 18.1. The Bertz CT molecular complexity index is 567. The number of aldehydes is 1. The van der Waals surface area contributed by atoms with Gasteiger partial charge in [-0.15, -0.1) is 0 Å². The largest absolute Gasteiger partial charge is 0.466 e. The molecule has 0 saturated carbocycles. The molecule has 0 spiro atoms. The summed E-state index contributed by atoms with van der Waals surface area (Å²) >= 11 is 0. The summed E-state index contributed by atoms with van der Waals surface area (Å²) in [5.74, 6) is -0.636. The van der Waals surface area contributed by atoms with E-state index in [2.05, 4.69) is 5.04 Å². The van der Waals surface area contributed by atoms with E-state index >= 15 is 0 Å². The van der Waals surface area contributed by atoms with E-state index < -0.39 is 0 Å². The number of unbranched alkanes of at least 4 members (excludes halogenated alkanes) is 9. The van der Waals surface area contributed by atoms with E-state index in [1.165, 1.54) is 0 Å². The van der Waals surface area contributed by atoms with Gasteiger partial charge in [0.25, 0.3) is 0 Å². The van der Waals surface area contributed by atoms with E-state index in [0.717, 1.165) is 76.9 Å². The second-order valence-electron chi connectivity index (χ2n) is 8.82. The Hall–Kier alpha value is -2.04. The molecule has 0 radical (unpaired) electrons. The highest BCUT2D eigenvalue weighted by molar-refractivity contribution is 5.70. The number of rotatable bonds is 28. The average Bonchev–Trinajstić information content (AvgIpc) is 2.89. The van der Waals surface area contributed by atoms with Gasteiger partial charge >= 0.3 is 17.9 Å². The van der Waals surface area contributed by atoms with Crippen LogP contribution in [-0.4, -0.2) is 57.2 Å². The third-order valence-corrected chi connectivity index (χ3v) is 5.30. The quantitative estimate of drug-likeness (QED) is 0.0325. The maximum atomic E-state index is 11.8. The summed E-state index contributed by atoms with van der Waals surface area (Å²) in [5, 5.41) is 4.52. The van der Waals surface area contributed by atoms with Crippen molar-refractivity contribution in [3.63, 3.8) is 0 Å². The molecule has 0 rings (SSSR count). The van der Waals surface area contributed by atoms with E-state index in [-0.39, 0.29) is 17.9 Å². The van der Waals surface area contributed by atoms with Gasteiger partial charge in [-0.05, 0) is 77.0 Å². The summed E-state index contributed by atoms with van der Waals surface area (Å²) in [6, 6.07) is 0. The molecule has 0 bridgehead atoms. The normalized spacial score (nSPS) is 10.7. The van der Waals surface area contributed by atoms with Gasteiger partial charge < -0.3 is 19.0 Å². The molecule has 0 aromatic carbocycles. The van der Waals surface area contributed by atoms with Crippen LogP contribution in [0.15, 0.2) is 0 Å². The van der Waals surface area contributed by atoms with E-state index in [1.54, 1.807) is 0 Å². The third-order valence-electron chi connectivity index (χ3n) is 5.30. The summed E-state index contributed by atoms with van der Waals surface area (Å²) in [4.78, 5) is 54.9. The summed E-state index contributed by atoms with van der Waals surface area (Å²) < 4.78 is 15.6. The standard InChI is InChI=1S/C27H48O10/c1-2-20-35-37-36-24-15-7-10-18-27(31)34-23-14-6-9-17-26(30)33-22-13-5-8-16-25(29)32-21-12-4-3-11-19-28/h19H,2-18,20-24H2,1H3. The molecule has 0 aliphatic heterocycles. The van der Waals surface area contributed by atoms with Crippen LogP contribution in [0.25, 0.3) is 0 Å². The molecule has 0 fully saturated rings. The second kappa shape index (κ2) is 28.5. The van der Waals surface area contributed by atoms with Gasteiger partial charge in [0, 0.05) is 25.7 Å². The lowest BCUT2D eigenvalue weighted by Crippen LogP contribution is -2.08. The Morgan fingerprint density at radius 1 is 0.514 bits per heavy atom. The fourth-order valence-corrected chi connectivity index (χ4v) is 3.17. The molecule has 0 aliphatic carbocycles. The highest BCUT2D eigenvalue weighted by atomic mass is 17.5. The third kappa shape index (κ3) is 28.4.